The van der Waals surface area contributed by atoms with E-state index in [9.17, 15) is 9.59 Å². The number of carbonyl (C=O) groups is 2. The van der Waals surface area contributed by atoms with E-state index in [0.29, 0.717) is 12.3 Å². The second kappa shape index (κ2) is 12.8. The molecule has 1 aliphatic rings. The summed E-state index contributed by atoms with van der Waals surface area (Å²) in [6.07, 6.45) is 6.23. The maximum Gasteiger partial charge on any atom is 0.225 e. The molecule has 0 saturated carbocycles. The van der Waals surface area contributed by atoms with Crippen molar-refractivity contribution in [2.75, 3.05) is 6.54 Å². The molecule has 4 aromatic rings. The zero-order valence-electron chi connectivity index (χ0n) is 27.1. The number of nitrogens with one attached hydrogen (secondary N) is 3. The molecular weight excluding hydrogens is 548 g/mol. The van der Waals surface area contributed by atoms with Crippen molar-refractivity contribution in [2.45, 2.75) is 79.8 Å². The molecule has 3 heterocycles. The molecule has 8 nitrogen and oxygen atoms in total. The summed E-state index contributed by atoms with van der Waals surface area (Å²) in [6, 6.07) is 16.7. The van der Waals surface area contributed by atoms with Gasteiger partial charge in [-0.3, -0.25) is 9.59 Å². The quantitative estimate of drug-likeness (QED) is 0.185. The third kappa shape index (κ3) is 6.95. The van der Waals surface area contributed by atoms with Crippen molar-refractivity contribution in [3.8, 4) is 33.6 Å². The number of benzene rings is 2. The first-order chi connectivity index (χ1) is 20.9. The van der Waals surface area contributed by atoms with Gasteiger partial charge in [-0.25, -0.2) is 9.97 Å². The molecule has 2 amide bonds. The molecule has 5 rings (SSSR count). The first-order valence-corrected chi connectivity index (χ1v) is 15.8. The average Bonchev–Trinajstić information content (AvgIpc) is 3.76. The lowest BCUT2D eigenvalue weighted by molar-refractivity contribution is -0.133. The van der Waals surface area contributed by atoms with E-state index >= 15 is 0 Å². The molecule has 0 bridgehead atoms. The molecule has 44 heavy (non-hydrogen) atoms. The SMILES string of the molecule is CC(C)CC(=O)N1CCCC1c1ncc(-c2ccc(-c3ccc(-c4cnc(C(NC(=O)C(C)(C)C)C(C)C)[nH]4)cc3)cc2)[nH]1. The van der Waals surface area contributed by atoms with Crippen LogP contribution in [0, 0.1) is 17.3 Å². The summed E-state index contributed by atoms with van der Waals surface area (Å²) in [5, 5.41) is 3.16. The van der Waals surface area contributed by atoms with Gasteiger partial charge in [-0.1, -0.05) is 97.0 Å². The van der Waals surface area contributed by atoms with Crippen molar-refractivity contribution in [3.63, 3.8) is 0 Å². The highest BCUT2D eigenvalue weighted by Gasteiger charge is 2.32. The van der Waals surface area contributed by atoms with Crippen molar-refractivity contribution < 1.29 is 9.59 Å². The van der Waals surface area contributed by atoms with Gasteiger partial charge >= 0.3 is 0 Å². The molecule has 0 spiro atoms. The van der Waals surface area contributed by atoms with Crippen molar-refractivity contribution in [1.29, 1.82) is 0 Å². The number of aromatic nitrogens is 4. The number of rotatable bonds is 9. The fourth-order valence-corrected chi connectivity index (χ4v) is 5.70. The lowest BCUT2D eigenvalue weighted by Gasteiger charge is -2.25. The maximum atomic E-state index is 12.8. The van der Waals surface area contributed by atoms with Crippen molar-refractivity contribution >= 4 is 11.8 Å². The topological polar surface area (TPSA) is 107 Å². The summed E-state index contributed by atoms with van der Waals surface area (Å²) in [5.74, 6) is 2.39. The van der Waals surface area contributed by atoms with Crippen LogP contribution in [-0.4, -0.2) is 43.2 Å². The van der Waals surface area contributed by atoms with E-state index in [-0.39, 0.29) is 29.8 Å². The van der Waals surface area contributed by atoms with Crippen LogP contribution in [0.4, 0.5) is 0 Å². The van der Waals surface area contributed by atoms with Gasteiger partial charge in [0.2, 0.25) is 11.8 Å². The van der Waals surface area contributed by atoms with E-state index in [1.165, 1.54) is 0 Å². The van der Waals surface area contributed by atoms with Gasteiger partial charge in [0, 0.05) is 18.4 Å². The number of aromatic amines is 2. The van der Waals surface area contributed by atoms with Crippen LogP contribution >= 0.6 is 0 Å². The van der Waals surface area contributed by atoms with E-state index in [0.717, 1.165) is 64.7 Å². The molecule has 8 heteroatoms. The minimum absolute atomic E-state index is 0.00605. The van der Waals surface area contributed by atoms with Gasteiger partial charge in [-0.05, 0) is 46.9 Å². The van der Waals surface area contributed by atoms with Crippen LogP contribution in [0.5, 0.6) is 0 Å². The molecule has 0 radical (unpaired) electrons. The van der Waals surface area contributed by atoms with E-state index in [1.54, 1.807) is 0 Å². The Bertz CT molecular complexity index is 1570. The van der Waals surface area contributed by atoms with Crippen LogP contribution in [0.25, 0.3) is 33.6 Å². The summed E-state index contributed by atoms with van der Waals surface area (Å²) in [7, 11) is 0. The van der Waals surface area contributed by atoms with Crippen LogP contribution in [0.15, 0.2) is 60.9 Å². The molecular formula is C36H46N6O2. The first kappa shape index (κ1) is 31.2. The molecule has 0 aliphatic carbocycles. The number of carbonyl (C=O) groups excluding carboxylic acids is 2. The molecule has 1 fully saturated rings. The van der Waals surface area contributed by atoms with Gasteiger partial charge < -0.3 is 20.2 Å². The van der Waals surface area contributed by atoms with E-state index in [2.05, 4.69) is 101 Å². The van der Waals surface area contributed by atoms with Crippen molar-refractivity contribution in [2.24, 2.45) is 17.3 Å². The molecule has 1 aliphatic heterocycles. The first-order valence-electron chi connectivity index (χ1n) is 15.8. The fourth-order valence-electron chi connectivity index (χ4n) is 5.70. The minimum atomic E-state index is -0.468. The Kier molecular flexibility index (Phi) is 9.09. The van der Waals surface area contributed by atoms with Crippen molar-refractivity contribution in [3.05, 3.63) is 72.6 Å². The van der Waals surface area contributed by atoms with Gasteiger partial charge in [0.25, 0.3) is 0 Å². The Morgan fingerprint density at radius 2 is 1.41 bits per heavy atom. The second-order valence-electron chi connectivity index (χ2n) is 13.8. The van der Waals surface area contributed by atoms with Gasteiger partial charge in [0.05, 0.1) is 35.9 Å². The Morgan fingerprint density at radius 3 is 1.95 bits per heavy atom. The average molecular weight is 595 g/mol. The van der Waals surface area contributed by atoms with Gasteiger partial charge in [0.1, 0.15) is 11.6 Å². The summed E-state index contributed by atoms with van der Waals surface area (Å²) in [4.78, 5) is 43.6. The zero-order valence-corrected chi connectivity index (χ0v) is 27.1. The monoisotopic (exact) mass is 594 g/mol. The molecule has 2 unspecified atom stereocenters. The molecule has 2 aromatic carbocycles. The molecule has 2 aromatic heterocycles. The Morgan fingerprint density at radius 1 is 0.864 bits per heavy atom. The number of imidazole rings is 2. The van der Waals surface area contributed by atoms with Crippen LogP contribution in [0.2, 0.25) is 0 Å². The third-order valence-electron chi connectivity index (χ3n) is 8.32. The molecule has 3 N–H and O–H groups in total. The van der Waals surface area contributed by atoms with Gasteiger partial charge in [0.15, 0.2) is 0 Å². The number of amides is 2. The van der Waals surface area contributed by atoms with Crippen molar-refractivity contribution in [1.82, 2.24) is 30.2 Å². The second-order valence-corrected chi connectivity index (χ2v) is 13.8. The van der Waals surface area contributed by atoms with E-state index < -0.39 is 5.41 Å². The Hall–Kier alpha value is -4.20. The maximum absolute atomic E-state index is 12.8. The predicted octanol–water partition coefficient (Wildman–Crippen LogP) is 7.70. The highest BCUT2D eigenvalue weighted by Crippen LogP contribution is 2.33. The normalized spacial score (nSPS) is 16.1. The van der Waals surface area contributed by atoms with Crippen LogP contribution in [0.3, 0.4) is 0 Å². The Balaban J connectivity index is 1.26. The largest absolute Gasteiger partial charge is 0.345 e. The standard InChI is InChI=1S/C36H46N6O2/c1-22(2)19-31(43)42-18-8-9-30(42)33-37-20-28(39-33)26-14-10-24(11-15-26)25-12-16-27(17-13-25)29-21-38-34(40-29)32(23(3)4)41-35(44)36(5,6)7/h10-17,20-23,30,32H,8-9,18-19H2,1-7H3,(H,37,39)(H,38,40)(H,41,44). The molecule has 1 saturated heterocycles. The number of H-pyrrole nitrogens is 2. The number of hydrogen-bond donors (Lipinski definition) is 3. The number of nitrogens with zero attached hydrogens (tertiary/aromatic N) is 3. The highest BCUT2D eigenvalue weighted by molar-refractivity contribution is 5.81. The molecule has 232 valence electrons. The van der Waals surface area contributed by atoms with Crippen LogP contribution in [-0.2, 0) is 9.59 Å². The lowest BCUT2D eigenvalue weighted by Crippen LogP contribution is -2.39. The van der Waals surface area contributed by atoms with Gasteiger partial charge in [-0.15, -0.1) is 0 Å². The predicted molar refractivity (Wildman–Crippen MR) is 175 cm³/mol. The summed E-state index contributed by atoms with van der Waals surface area (Å²) in [6.45, 7) is 14.9. The zero-order chi connectivity index (χ0) is 31.6. The minimum Gasteiger partial charge on any atom is -0.345 e. The smallest absolute Gasteiger partial charge is 0.225 e. The number of hydrogen-bond acceptors (Lipinski definition) is 4. The van der Waals surface area contributed by atoms with E-state index in [4.69, 9.17) is 0 Å². The highest BCUT2D eigenvalue weighted by atomic mass is 16.2. The summed E-state index contributed by atoms with van der Waals surface area (Å²) >= 11 is 0. The van der Waals surface area contributed by atoms with Crippen LogP contribution in [0.1, 0.15) is 91.5 Å². The van der Waals surface area contributed by atoms with Gasteiger partial charge in [-0.2, -0.15) is 0 Å². The lowest BCUT2D eigenvalue weighted by atomic mass is 9.94. The molecule has 2 atom stereocenters. The van der Waals surface area contributed by atoms with E-state index in [1.807, 2.05) is 38.1 Å². The number of likely N-dealkylation sites (tertiary alicyclic amines) is 1. The fraction of sp³-hybridized carbons (Fsp3) is 0.444. The van der Waals surface area contributed by atoms with Crippen LogP contribution < -0.4 is 5.32 Å². The Labute approximate surface area is 261 Å². The third-order valence-corrected chi connectivity index (χ3v) is 8.32. The summed E-state index contributed by atoms with van der Waals surface area (Å²) < 4.78 is 0. The summed E-state index contributed by atoms with van der Waals surface area (Å²) in [5.41, 5.74) is 5.74.